The zero-order valence-corrected chi connectivity index (χ0v) is 7.63. The summed E-state index contributed by atoms with van der Waals surface area (Å²) in [6.45, 7) is 0. The van der Waals surface area contributed by atoms with E-state index >= 15 is 0 Å². The first-order chi connectivity index (χ1) is 5.63. The Morgan fingerprint density at radius 2 is 2.17 bits per heavy atom. The molecule has 1 aromatic rings. The van der Waals surface area contributed by atoms with Crippen molar-refractivity contribution in [1.29, 1.82) is 0 Å². The molecule has 2 nitrogen and oxygen atoms in total. The van der Waals surface area contributed by atoms with Gasteiger partial charge in [0.05, 0.1) is 6.04 Å². The minimum atomic E-state index is -2.55. The van der Waals surface area contributed by atoms with Gasteiger partial charge in [0, 0.05) is 16.9 Å². The van der Waals surface area contributed by atoms with Gasteiger partial charge in [0.1, 0.15) is 0 Å². The van der Waals surface area contributed by atoms with E-state index in [4.69, 9.17) is 5.73 Å². The van der Waals surface area contributed by atoms with Crippen LogP contribution in [0, 0.1) is 0 Å². The predicted octanol–water partition coefficient (Wildman–Crippen LogP) is 2.11. The summed E-state index contributed by atoms with van der Waals surface area (Å²) < 4.78 is 24.8. The average Bonchev–Trinajstić information content (AvgIpc) is 2.04. The highest BCUT2D eigenvalue weighted by Crippen LogP contribution is 2.24. The third-order valence-electron chi connectivity index (χ3n) is 1.43. The van der Waals surface area contributed by atoms with E-state index in [-0.39, 0.29) is 0 Å². The smallest absolute Gasteiger partial charge is 0.257 e. The van der Waals surface area contributed by atoms with E-state index in [1.165, 1.54) is 18.5 Å². The molecule has 1 heterocycles. The van der Waals surface area contributed by atoms with Crippen molar-refractivity contribution in [2.75, 3.05) is 0 Å². The average molecular weight is 237 g/mol. The van der Waals surface area contributed by atoms with Gasteiger partial charge in [0.25, 0.3) is 6.43 Å². The van der Waals surface area contributed by atoms with Crippen molar-refractivity contribution in [2.24, 2.45) is 5.73 Å². The van der Waals surface area contributed by atoms with Crippen LogP contribution in [0.3, 0.4) is 0 Å². The number of nitrogens with two attached hydrogens (primary N) is 1. The van der Waals surface area contributed by atoms with Crippen LogP contribution in [-0.2, 0) is 0 Å². The van der Waals surface area contributed by atoms with E-state index < -0.39 is 12.5 Å². The molecule has 0 aliphatic rings. The molecule has 1 atom stereocenters. The fourth-order valence-electron chi connectivity index (χ4n) is 0.792. The van der Waals surface area contributed by atoms with Crippen LogP contribution in [0.5, 0.6) is 0 Å². The second-order valence-corrected chi connectivity index (χ2v) is 3.11. The number of halogens is 3. The third kappa shape index (κ3) is 1.98. The molecule has 0 saturated carbocycles. The summed E-state index contributed by atoms with van der Waals surface area (Å²) >= 11 is 3.09. The van der Waals surface area contributed by atoms with Crippen LogP contribution >= 0.6 is 15.9 Å². The van der Waals surface area contributed by atoms with Crippen molar-refractivity contribution in [3.05, 3.63) is 28.5 Å². The topological polar surface area (TPSA) is 38.9 Å². The van der Waals surface area contributed by atoms with Gasteiger partial charge in [-0.1, -0.05) is 0 Å². The van der Waals surface area contributed by atoms with Crippen molar-refractivity contribution >= 4 is 15.9 Å². The van der Waals surface area contributed by atoms with Crippen LogP contribution in [-0.4, -0.2) is 11.4 Å². The summed E-state index contributed by atoms with van der Waals surface area (Å²) in [6.07, 6.45) is 0.323. The predicted molar refractivity (Wildman–Crippen MR) is 44.9 cm³/mol. The summed E-state index contributed by atoms with van der Waals surface area (Å²) in [6, 6.07) is 0.225. The van der Waals surface area contributed by atoms with Gasteiger partial charge in [-0.05, 0) is 27.6 Å². The largest absolute Gasteiger partial charge is 0.319 e. The van der Waals surface area contributed by atoms with Crippen molar-refractivity contribution in [3.8, 4) is 0 Å². The van der Waals surface area contributed by atoms with E-state index in [0.717, 1.165) is 0 Å². The lowest BCUT2D eigenvalue weighted by Crippen LogP contribution is -2.19. The summed E-state index contributed by atoms with van der Waals surface area (Å²) in [7, 11) is 0. The van der Waals surface area contributed by atoms with Crippen LogP contribution in [0.25, 0.3) is 0 Å². The standard InChI is InChI=1S/C7H7BrF2N2/c8-5-3-12-2-1-4(5)6(11)7(9)10/h1-3,6-7H,11H2. The Labute approximate surface area is 76.9 Å². The molecule has 5 heteroatoms. The zero-order valence-electron chi connectivity index (χ0n) is 6.05. The van der Waals surface area contributed by atoms with Crippen LogP contribution in [0.4, 0.5) is 8.78 Å². The van der Waals surface area contributed by atoms with Gasteiger partial charge >= 0.3 is 0 Å². The lowest BCUT2D eigenvalue weighted by molar-refractivity contribution is 0.116. The lowest BCUT2D eigenvalue weighted by Gasteiger charge is -2.11. The normalized spacial score (nSPS) is 13.4. The van der Waals surface area contributed by atoms with E-state index in [2.05, 4.69) is 20.9 Å². The van der Waals surface area contributed by atoms with Crippen LogP contribution in [0.15, 0.2) is 22.9 Å². The van der Waals surface area contributed by atoms with Gasteiger partial charge in [-0.15, -0.1) is 0 Å². The molecule has 0 saturated heterocycles. The molecule has 0 radical (unpaired) electrons. The highest BCUT2D eigenvalue weighted by Gasteiger charge is 2.19. The Balaban J connectivity index is 2.94. The maximum absolute atomic E-state index is 12.1. The molecule has 0 amide bonds. The van der Waals surface area contributed by atoms with Crippen molar-refractivity contribution < 1.29 is 8.78 Å². The number of rotatable bonds is 2. The first-order valence-corrected chi connectivity index (χ1v) is 4.05. The molecule has 1 unspecified atom stereocenters. The highest BCUT2D eigenvalue weighted by molar-refractivity contribution is 9.10. The van der Waals surface area contributed by atoms with Gasteiger partial charge in [-0.25, -0.2) is 8.78 Å². The maximum atomic E-state index is 12.1. The number of hydrogen-bond acceptors (Lipinski definition) is 2. The summed E-state index contributed by atoms with van der Waals surface area (Å²) in [5.74, 6) is 0. The minimum absolute atomic E-state index is 0.375. The lowest BCUT2D eigenvalue weighted by atomic mass is 10.1. The van der Waals surface area contributed by atoms with E-state index in [1.54, 1.807) is 0 Å². The molecule has 0 aliphatic heterocycles. The summed E-state index contributed by atoms with van der Waals surface area (Å²) in [4.78, 5) is 3.74. The molecule has 1 rings (SSSR count). The zero-order chi connectivity index (χ0) is 9.14. The van der Waals surface area contributed by atoms with E-state index in [1.807, 2.05) is 0 Å². The molecule has 0 bridgehead atoms. The summed E-state index contributed by atoms with van der Waals surface area (Å²) in [5.41, 5.74) is 5.61. The fourth-order valence-corrected chi connectivity index (χ4v) is 1.31. The first kappa shape index (κ1) is 9.54. The maximum Gasteiger partial charge on any atom is 0.257 e. The molecule has 0 aliphatic carbocycles. The Morgan fingerprint density at radius 1 is 1.50 bits per heavy atom. The molecule has 66 valence electrons. The number of pyridine rings is 1. The highest BCUT2D eigenvalue weighted by atomic mass is 79.9. The number of hydrogen-bond donors (Lipinski definition) is 1. The number of nitrogens with zero attached hydrogens (tertiary/aromatic N) is 1. The van der Waals surface area contributed by atoms with Gasteiger partial charge in [0.2, 0.25) is 0 Å². The molecular weight excluding hydrogens is 230 g/mol. The second-order valence-electron chi connectivity index (χ2n) is 2.26. The van der Waals surface area contributed by atoms with Gasteiger partial charge < -0.3 is 5.73 Å². The minimum Gasteiger partial charge on any atom is -0.319 e. The van der Waals surface area contributed by atoms with Crippen LogP contribution in [0.2, 0.25) is 0 Å². The quantitative estimate of drug-likeness (QED) is 0.855. The van der Waals surface area contributed by atoms with Crippen LogP contribution in [0.1, 0.15) is 11.6 Å². The van der Waals surface area contributed by atoms with Gasteiger partial charge in [0.15, 0.2) is 0 Å². The molecule has 2 N–H and O–H groups in total. The van der Waals surface area contributed by atoms with E-state index in [0.29, 0.717) is 10.0 Å². The summed E-state index contributed by atoms with van der Waals surface area (Å²) in [5, 5.41) is 0. The Morgan fingerprint density at radius 3 is 2.67 bits per heavy atom. The van der Waals surface area contributed by atoms with Crippen molar-refractivity contribution in [3.63, 3.8) is 0 Å². The SMILES string of the molecule is NC(c1ccncc1Br)C(F)F. The van der Waals surface area contributed by atoms with Gasteiger partial charge in [-0.2, -0.15) is 0 Å². The van der Waals surface area contributed by atoms with Crippen molar-refractivity contribution in [1.82, 2.24) is 4.98 Å². The number of alkyl halides is 2. The number of aromatic nitrogens is 1. The Bertz CT molecular complexity index is 267. The van der Waals surface area contributed by atoms with Crippen molar-refractivity contribution in [2.45, 2.75) is 12.5 Å². The van der Waals surface area contributed by atoms with E-state index in [9.17, 15) is 8.78 Å². The molecule has 12 heavy (non-hydrogen) atoms. The Hall–Kier alpha value is -0.550. The first-order valence-electron chi connectivity index (χ1n) is 3.26. The monoisotopic (exact) mass is 236 g/mol. The third-order valence-corrected chi connectivity index (χ3v) is 2.10. The molecule has 1 aromatic heterocycles. The molecule has 0 fully saturated rings. The Kier molecular flexibility index (Phi) is 3.11. The molecular formula is C7H7BrF2N2. The molecule has 0 aromatic carbocycles. The van der Waals surface area contributed by atoms with Crippen LogP contribution < -0.4 is 5.73 Å². The van der Waals surface area contributed by atoms with Gasteiger partial charge in [-0.3, -0.25) is 4.98 Å². The second kappa shape index (κ2) is 3.91. The fraction of sp³-hybridized carbons (Fsp3) is 0.286. The molecule has 0 spiro atoms.